The molecule has 0 radical (unpaired) electrons. The second-order valence-corrected chi connectivity index (χ2v) is 6.29. The molecule has 1 fully saturated rings. The average molecular weight is 351 g/mol. The minimum absolute atomic E-state index is 0.0464. The summed E-state index contributed by atoms with van der Waals surface area (Å²) < 4.78 is 17.9. The van der Waals surface area contributed by atoms with Crippen molar-refractivity contribution in [3.8, 4) is 0 Å². The molecule has 1 aromatic rings. The van der Waals surface area contributed by atoms with Gasteiger partial charge < -0.3 is 24.6 Å². The lowest BCUT2D eigenvalue weighted by molar-refractivity contribution is -0.194. The Morgan fingerprint density at radius 3 is 2.52 bits per heavy atom. The maximum absolute atomic E-state index is 11.6. The zero-order valence-electron chi connectivity index (χ0n) is 15.2. The lowest BCUT2D eigenvalue weighted by Gasteiger charge is -2.28. The van der Waals surface area contributed by atoms with Crippen LogP contribution in [0.4, 0.5) is 0 Å². The maximum Gasteiger partial charge on any atom is 0.217 e. The van der Waals surface area contributed by atoms with Crippen LogP contribution in [0.25, 0.3) is 0 Å². The van der Waals surface area contributed by atoms with Crippen LogP contribution in [0, 0.1) is 0 Å². The molecule has 1 heterocycles. The van der Waals surface area contributed by atoms with Crippen LogP contribution in [-0.4, -0.2) is 48.3 Å². The Kier molecular flexibility index (Phi) is 7.84. The first-order valence-electron chi connectivity index (χ1n) is 8.93. The van der Waals surface area contributed by atoms with Gasteiger partial charge in [0.15, 0.2) is 6.29 Å². The van der Waals surface area contributed by atoms with Gasteiger partial charge in [0.05, 0.1) is 25.4 Å². The van der Waals surface area contributed by atoms with E-state index in [-0.39, 0.29) is 18.6 Å². The third-order valence-corrected chi connectivity index (χ3v) is 4.40. The average Bonchev–Trinajstić information content (AvgIpc) is 2.94. The molecule has 0 unspecified atom stereocenters. The van der Waals surface area contributed by atoms with Crippen molar-refractivity contribution < 1.29 is 24.1 Å². The van der Waals surface area contributed by atoms with Gasteiger partial charge in [-0.3, -0.25) is 4.79 Å². The summed E-state index contributed by atoms with van der Waals surface area (Å²) in [6, 6.07) is 9.35. The van der Waals surface area contributed by atoms with Crippen LogP contribution in [0.15, 0.2) is 30.3 Å². The highest BCUT2D eigenvalue weighted by molar-refractivity contribution is 5.73. The van der Waals surface area contributed by atoms with E-state index in [0.29, 0.717) is 6.61 Å². The van der Waals surface area contributed by atoms with Crippen molar-refractivity contribution >= 4 is 5.91 Å². The van der Waals surface area contributed by atoms with Crippen LogP contribution in [0.2, 0.25) is 0 Å². The van der Waals surface area contributed by atoms with Gasteiger partial charge in [-0.05, 0) is 18.4 Å². The molecule has 4 atom stereocenters. The van der Waals surface area contributed by atoms with Gasteiger partial charge in [-0.25, -0.2) is 0 Å². The molecular formula is C19H29NO5. The molecule has 6 heteroatoms. The first kappa shape index (κ1) is 19.8. The number of carbonyl (C=O) groups excluding carboxylic acids is 1. The molecule has 6 nitrogen and oxygen atoms in total. The summed E-state index contributed by atoms with van der Waals surface area (Å²) in [7, 11) is 0. The number of benzene rings is 1. The summed E-state index contributed by atoms with van der Waals surface area (Å²) in [5.41, 5.74) is 1.02. The van der Waals surface area contributed by atoms with E-state index in [1.165, 1.54) is 6.92 Å². The smallest absolute Gasteiger partial charge is 0.217 e. The van der Waals surface area contributed by atoms with E-state index >= 15 is 0 Å². The Morgan fingerprint density at radius 2 is 1.96 bits per heavy atom. The van der Waals surface area contributed by atoms with Gasteiger partial charge in [-0.15, -0.1) is 0 Å². The van der Waals surface area contributed by atoms with Gasteiger partial charge in [-0.1, -0.05) is 44.2 Å². The molecule has 0 spiro atoms. The Balaban J connectivity index is 2.11. The fourth-order valence-electron chi connectivity index (χ4n) is 3.02. The fourth-order valence-corrected chi connectivity index (χ4v) is 3.02. The normalized spacial score (nSPS) is 26.1. The van der Waals surface area contributed by atoms with Gasteiger partial charge in [0.1, 0.15) is 12.2 Å². The molecule has 25 heavy (non-hydrogen) atoms. The van der Waals surface area contributed by atoms with E-state index in [1.807, 2.05) is 30.3 Å². The van der Waals surface area contributed by atoms with Crippen LogP contribution in [-0.2, 0) is 25.6 Å². The number of hydrogen-bond donors (Lipinski definition) is 2. The van der Waals surface area contributed by atoms with Crippen molar-refractivity contribution in [3.63, 3.8) is 0 Å². The standard InChI is InChI=1S/C19H29NO5/c1-4-15(5-2)24-18-17(20-13(3)22)16(11-21)25-19(18)23-12-14-9-7-6-8-10-14/h6-10,15-19,21H,4-5,11-12H2,1-3H3,(H,20,22)/t16-,17-,18+,19+/m1/s1. The third kappa shape index (κ3) is 5.51. The van der Waals surface area contributed by atoms with E-state index in [2.05, 4.69) is 19.2 Å². The summed E-state index contributed by atoms with van der Waals surface area (Å²) in [5, 5.41) is 12.5. The molecule has 1 aliphatic rings. The van der Waals surface area contributed by atoms with Crippen LogP contribution in [0.5, 0.6) is 0 Å². The molecule has 1 amide bonds. The number of nitrogens with one attached hydrogen (secondary N) is 1. The summed E-state index contributed by atoms with van der Waals surface area (Å²) in [6.45, 7) is 5.72. The molecule has 1 aromatic carbocycles. The molecule has 1 saturated heterocycles. The SMILES string of the molecule is CCC(CC)O[C@@H]1[C@@H](OCc2ccccc2)O[C@H](CO)[C@H]1NC(C)=O. The largest absolute Gasteiger partial charge is 0.394 e. The minimum Gasteiger partial charge on any atom is -0.394 e. The predicted octanol–water partition coefficient (Wildman–Crippen LogP) is 2.00. The second kappa shape index (κ2) is 9.87. The number of carbonyl (C=O) groups is 1. The Morgan fingerprint density at radius 1 is 1.28 bits per heavy atom. The van der Waals surface area contributed by atoms with E-state index in [1.54, 1.807) is 0 Å². The lowest BCUT2D eigenvalue weighted by Crippen LogP contribution is -2.50. The number of rotatable bonds is 9. The Labute approximate surface area is 149 Å². The molecule has 140 valence electrons. The molecule has 2 N–H and O–H groups in total. The minimum atomic E-state index is -0.644. The lowest BCUT2D eigenvalue weighted by atomic mass is 10.1. The third-order valence-electron chi connectivity index (χ3n) is 4.40. The van der Waals surface area contributed by atoms with Crippen molar-refractivity contribution in [3.05, 3.63) is 35.9 Å². The number of hydrogen-bond acceptors (Lipinski definition) is 5. The van der Waals surface area contributed by atoms with Crippen molar-refractivity contribution in [2.24, 2.45) is 0 Å². The zero-order chi connectivity index (χ0) is 18.2. The van der Waals surface area contributed by atoms with E-state index in [9.17, 15) is 9.90 Å². The molecule has 0 aromatic heterocycles. The fraction of sp³-hybridized carbons (Fsp3) is 0.632. The van der Waals surface area contributed by atoms with Crippen LogP contribution in [0.1, 0.15) is 39.2 Å². The summed E-state index contributed by atoms with van der Waals surface area (Å²) in [5.74, 6) is -0.186. The first-order chi connectivity index (χ1) is 12.1. The number of amides is 1. The Bertz CT molecular complexity index is 520. The van der Waals surface area contributed by atoms with Crippen molar-refractivity contribution in [2.75, 3.05) is 6.61 Å². The van der Waals surface area contributed by atoms with Crippen LogP contribution < -0.4 is 5.32 Å². The van der Waals surface area contributed by atoms with Crippen molar-refractivity contribution in [2.45, 2.75) is 70.9 Å². The first-order valence-corrected chi connectivity index (χ1v) is 8.93. The molecule has 1 aliphatic heterocycles. The Hall–Kier alpha value is -1.47. The molecule has 0 aliphatic carbocycles. The highest BCUT2D eigenvalue weighted by atomic mass is 16.7. The zero-order valence-corrected chi connectivity index (χ0v) is 15.2. The van der Waals surface area contributed by atoms with E-state index in [4.69, 9.17) is 14.2 Å². The quantitative estimate of drug-likeness (QED) is 0.712. The van der Waals surface area contributed by atoms with Gasteiger partial charge >= 0.3 is 0 Å². The van der Waals surface area contributed by atoms with Crippen molar-refractivity contribution in [1.29, 1.82) is 0 Å². The van der Waals surface area contributed by atoms with Gasteiger partial charge in [-0.2, -0.15) is 0 Å². The van der Waals surface area contributed by atoms with E-state index in [0.717, 1.165) is 18.4 Å². The highest BCUT2D eigenvalue weighted by Gasteiger charge is 2.47. The van der Waals surface area contributed by atoms with Gasteiger partial charge in [0.25, 0.3) is 0 Å². The van der Waals surface area contributed by atoms with E-state index < -0.39 is 24.5 Å². The van der Waals surface area contributed by atoms with Gasteiger partial charge in [0.2, 0.25) is 5.91 Å². The van der Waals surface area contributed by atoms with Gasteiger partial charge in [0, 0.05) is 6.92 Å². The predicted molar refractivity (Wildman–Crippen MR) is 93.8 cm³/mol. The molecular weight excluding hydrogens is 322 g/mol. The van der Waals surface area contributed by atoms with Crippen LogP contribution in [0.3, 0.4) is 0 Å². The topological polar surface area (TPSA) is 77.0 Å². The molecule has 0 saturated carbocycles. The summed E-state index contributed by atoms with van der Waals surface area (Å²) in [6.07, 6.45) is 0.0999. The number of aliphatic hydroxyl groups is 1. The second-order valence-electron chi connectivity index (χ2n) is 6.29. The van der Waals surface area contributed by atoms with Crippen molar-refractivity contribution in [1.82, 2.24) is 5.32 Å². The number of aliphatic hydroxyl groups excluding tert-OH is 1. The monoisotopic (exact) mass is 351 g/mol. The summed E-state index contributed by atoms with van der Waals surface area (Å²) in [4.78, 5) is 11.6. The van der Waals surface area contributed by atoms with Crippen LogP contribution >= 0.6 is 0 Å². The molecule has 0 bridgehead atoms. The highest BCUT2D eigenvalue weighted by Crippen LogP contribution is 2.28. The molecule has 2 rings (SSSR count). The number of ether oxygens (including phenoxy) is 3. The maximum atomic E-state index is 11.6. The summed E-state index contributed by atoms with van der Waals surface area (Å²) >= 11 is 0.